The number of hydrogen-bond acceptors (Lipinski definition) is 7. The molecule has 0 unspecified atom stereocenters. The molecule has 0 amide bonds. The maximum absolute atomic E-state index is 10.2. The summed E-state index contributed by atoms with van der Waals surface area (Å²) in [6.45, 7) is -0.407. The molecule has 1 aliphatic rings. The second-order valence-corrected chi connectivity index (χ2v) is 3.52. The first-order valence-electron chi connectivity index (χ1n) is 5.04. The highest BCUT2D eigenvalue weighted by Gasteiger charge is 2.41. The summed E-state index contributed by atoms with van der Waals surface area (Å²) in [7, 11) is 0. The Labute approximate surface area is 100 Å². The van der Waals surface area contributed by atoms with Crippen LogP contribution < -0.4 is 11.2 Å². The summed E-state index contributed by atoms with van der Waals surface area (Å²) in [5.74, 6) is 0. The van der Waals surface area contributed by atoms with Gasteiger partial charge in [0.1, 0.15) is 18.3 Å². The van der Waals surface area contributed by atoms with Gasteiger partial charge in [0.25, 0.3) is 5.56 Å². The van der Waals surface area contributed by atoms with Gasteiger partial charge in [-0.25, -0.2) is 4.79 Å². The molecule has 0 aromatic carbocycles. The Morgan fingerprint density at radius 2 is 1.89 bits per heavy atom. The fourth-order valence-electron chi connectivity index (χ4n) is 1.26. The molecule has 1 aromatic rings. The quantitative estimate of drug-likeness (QED) is 0.306. The number of aromatic nitrogens is 2. The van der Waals surface area contributed by atoms with E-state index in [1.807, 2.05) is 4.98 Å². The minimum atomic E-state index is -1.38. The second kappa shape index (κ2) is 6.42. The third-order valence-electron chi connectivity index (χ3n) is 2.20. The highest BCUT2D eigenvalue weighted by atomic mass is 16.6. The van der Waals surface area contributed by atoms with Gasteiger partial charge < -0.3 is 30.1 Å². The molecule has 0 saturated carbocycles. The van der Waals surface area contributed by atoms with Gasteiger partial charge in [-0.1, -0.05) is 0 Å². The molecule has 1 fully saturated rings. The topological polar surface area (TPSA) is 156 Å². The molecule has 0 spiro atoms. The molecule has 0 aliphatic carbocycles. The fourth-order valence-corrected chi connectivity index (χ4v) is 1.26. The largest absolute Gasteiger partial charge is 0.394 e. The van der Waals surface area contributed by atoms with Crippen LogP contribution in [-0.2, 0) is 4.74 Å². The van der Waals surface area contributed by atoms with E-state index in [4.69, 9.17) is 20.4 Å². The van der Waals surface area contributed by atoms with Crippen molar-refractivity contribution in [3.8, 4) is 0 Å². The van der Waals surface area contributed by atoms with E-state index in [1.165, 1.54) is 12.3 Å². The van der Waals surface area contributed by atoms with E-state index >= 15 is 0 Å². The van der Waals surface area contributed by atoms with Crippen molar-refractivity contribution in [3.05, 3.63) is 33.1 Å². The Kier molecular flexibility index (Phi) is 5.19. The summed E-state index contributed by atoms with van der Waals surface area (Å²) in [5, 5.41) is 35.0. The van der Waals surface area contributed by atoms with Gasteiger partial charge in [-0.15, -0.1) is 0 Å². The highest BCUT2D eigenvalue weighted by molar-refractivity contribution is 4.84. The molecule has 4 atom stereocenters. The third kappa shape index (κ3) is 3.75. The van der Waals surface area contributed by atoms with Crippen LogP contribution in [0.2, 0.25) is 0 Å². The average Bonchev–Trinajstić information content (AvgIpc) is 2.57. The van der Waals surface area contributed by atoms with Crippen LogP contribution in [0.4, 0.5) is 0 Å². The summed E-state index contributed by atoms with van der Waals surface area (Å²) < 4.78 is 4.54. The van der Waals surface area contributed by atoms with Crippen molar-refractivity contribution in [2.24, 2.45) is 0 Å². The Morgan fingerprint density at radius 3 is 2.17 bits per heavy atom. The van der Waals surface area contributed by atoms with E-state index in [9.17, 15) is 9.59 Å². The van der Waals surface area contributed by atoms with E-state index in [1.54, 1.807) is 0 Å². The molecule has 18 heavy (non-hydrogen) atoms. The zero-order valence-corrected chi connectivity index (χ0v) is 9.18. The minimum absolute atomic E-state index is 0.381. The summed E-state index contributed by atoms with van der Waals surface area (Å²) in [6.07, 6.45) is -3.46. The van der Waals surface area contributed by atoms with Crippen molar-refractivity contribution in [2.75, 3.05) is 6.61 Å². The number of aromatic amines is 2. The molecule has 1 aromatic heterocycles. The fraction of sp³-hybridized carbons (Fsp3) is 0.556. The van der Waals surface area contributed by atoms with Crippen molar-refractivity contribution in [1.29, 1.82) is 0 Å². The van der Waals surface area contributed by atoms with E-state index < -0.39 is 36.9 Å². The monoisotopic (exact) mass is 262 g/mol. The molecule has 0 bridgehead atoms. The van der Waals surface area contributed by atoms with Gasteiger partial charge in [0.15, 0.2) is 6.29 Å². The van der Waals surface area contributed by atoms with Crippen LogP contribution in [0, 0.1) is 0 Å². The molecule has 1 saturated heterocycles. The number of aliphatic hydroxyl groups excluding tert-OH is 4. The Hall–Kier alpha value is -1.52. The molecule has 1 aliphatic heterocycles. The zero-order chi connectivity index (χ0) is 13.7. The Morgan fingerprint density at radius 1 is 1.22 bits per heavy atom. The Balaban J connectivity index is 0.000000184. The first-order chi connectivity index (χ1) is 8.45. The van der Waals surface area contributed by atoms with Crippen LogP contribution in [0.5, 0.6) is 0 Å². The van der Waals surface area contributed by atoms with Gasteiger partial charge in [0, 0.05) is 12.3 Å². The van der Waals surface area contributed by atoms with Crippen molar-refractivity contribution < 1.29 is 25.2 Å². The van der Waals surface area contributed by atoms with Crippen LogP contribution in [0.3, 0.4) is 0 Å². The van der Waals surface area contributed by atoms with Gasteiger partial charge >= 0.3 is 5.69 Å². The minimum Gasteiger partial charge on any atom is -0.394 e. The lowest BCUT2D eigenvalue weighted by molar-refractivity contribution is -0.132. The molecular formula is C9H14N2O7. The van der Waals surface area contributed by atoms with Crippen LogP contribution in [0.15, 0.2) is 21.9 Å². The molecule has 2 rings (SSSR count). The van der Waals surface area contributed by atoms with E-state index in [0.29, 0.717) is 0 Å². The first kappa shape index (κ1) is 14.5. The summed E-state index contributed by atoms with van der Waals surface area (Å²) in [6, 6.07) is 1.24. The molecule has 9 nitrogen and oxygen atoms in total. The van der Waals surface area contributed by atoms with Crippen LogP contribution in [0.1, 0.15) is 0 Å². The second-order valence-electron chi connectivity index (χ2n) is 3.52. The molecule has 6 N–H and O–H groups in total. The molecule has 9 heteroatoms. The number of hydrogen-bond donors (Lipinski definition) is 6. The number of nitrogens with one attached hydrogen (secondary N) is 2. The summed E-state index contributed by atoms with van der Waals surface area (Å²) >= 11 is 0. The summed E-state index contributed by atoms with van der Waals surface area (Å²) in [4.78, 5) is 24.7. The van der Waals surface area contributed by atoms with Gasteiger partial charge in [-0.3, -0.25) is 9.78 Å². The normalized spacial score (nSPS) is 30.7. The number of rotatable bonds is 1. The number of H-pyrrole nitrogens is 2. The van der Waals surface area contributed by atoms with Crippen molar-refractivity contribution >= 4 is 0 Å². The molecular weight excluding hydrogens is 248 g/mol. The molecule has 2 heterocycles. The van der Waals surface area contributed by atoms with Gasteiger partial charge in [0.05, 0.1) is 6.61 Å². The van der Waals surface area contributed by atoms with Crippen LogP contribution >= 0.6 is 0 Å². The SMILES string of the molecule is O=c1cc[nH]c(=O)[nH]1.OC[C@H]1O[C@@H](O)[C@@H](O)[C@@H]1O. The number of ether oxygens (including phenoxy) is 1. The van der Waals surface area contributed by atoms with Gasteiger partial charge in [0.2, 0.25) is 0 Å². The maximum Gasteiger partial charge on any atom is 0.325 e. The zero-order valence-electron chi connectivity index (χ0n) is 9.18. The van der Waals surface area contributed by atoms with Gasteiger partial charge in [-0.05, 0) is 0 Å². The lowest BCUT2D eigenvalue weighted by atomic mass is 10.1. The highest BCUT2D eigenvalue weighted by Crippen LogP contribution is 2.18. The van der Waals surface area contributed by atoms with E-state index in [-0.39, 0.29) is 5.56 Å². The lowest BCUT2D eigenvalue weighted by Gasteiger charge is -2.09. The standard InChI is InChI=1S/C5H10O5.C4H4N2O2/c6-1-2-3(7)4(8)5(9)10-2;7-3-1-2-5-4(8)6-3/h2-9H,1H2;1-2H,(H2,5,6,7,8)/t2-,3-,4+,5-;/m1./s1. The van der Waals surface area contributed by atoms with E-state index in [0.717, 1.165) is 0 Å². The smallest absolute Gasteiger partial charge is 0.325 e. The number of aliphatic hydroxyl groups is 4. The van der Waals surface area contributed by atoms with E-state index in [2.05, 4.69) is 9.72 Å². The van der Waals surface area contributed by atoms with Crippen molar-refractivity contribution in [1.82, 2.24) is 9.97 Å². The lowest BCUT2D eigenvalue weighted by Crippen LogP contribution is -2.33. The van der Waals surface area contributed by atoms with Crippen molar-refractivity contribution in [3.63, 3.8) is 0 Å². The van der Waals surface area contributed by atoms with Crippen LogP contribution in [-0.4, -0.2) is 61.6 Å². The Bertz CT molecular complexity index is 445. The summed E-state index contributed by atoms with van der Waals surface area (Å²) in [5.41, 5.74) is -0.855. The third-order valence-corrected chi connectivity index (χ3v) is 2.20. The molecule has 0 radical (unpaired) electrons. The van der Waals surface area contributed by atoms with Gasteiger partial charge in [-0.2, -0.15) is 0 Å². The van der Waals surface area contributed by atoms with Crippen molar-refractivity contribution in [2.45, 2.75) is 24.6 Å². The average molecular weight is 262 g/mol. The first-order valence-corrected chi connectivity index (χ1v) is 5.04. The molecule has 102 valence electrons. The predicted molar refractivity (Wildman–Crippen MR) is 57.7 cm³/mol. The predicted octanol–water partition coefficient (Wildman–Crippen LogP) is -3.52. The maximum atomic E-state index is 10.2. The van der Waals surface area contributed by atoms with Crippen LogP contribution in [0.25, 0.3) is 0 Å².